The molecule has 1 unspecified atom stereocenters. The van der Waals surface area contributed by atoms with Gasteiger partial charge in [0.15, 0.2) is 5.78 Å². The average molecular weight is 410 g/mol. The molecule has 2 amide bonds. The maximum atomic E-state index is 12.6. The van der Waals surface area contributed by atoms with Crippen molar-refractivity contribution >= 4 is 11.8 Å². The van der Waals surface area contributed by atoms with Gasteiger partial charge in [-0.15, -0.1) is 0 Å². The molecule has 0 aliphatic carbocycles. The molecule has 0 aromatic heterocycles. The molecule has 30 heavy (non-hydrogen) atoms. The predicted octanol–water partition coefficient (Wildman–Crippen LogP) is 3.52. The first-order valence-corrected chi connectivity index (χ1v) is 10.5. The van der Waals surface area contributed by atoms with Gasteiger partial charge in [0.05, 0.1) is 0 Å². The van der Waals surface area contributed by atoms with Crippen molar-refractivity contribution in [1.29, 1.82) is 0 Å². The number of nitrogens with one attached hydrogen (secondary N) is 1. The largest absolute Gasteiger partial charge is 0.508 e. The molecule has 1 fully saturated rings. The van der Waals surface area contributed by atoms with Crippen molar-refractivity contribution in [2.75, 3.05) is 26.7 Å². The highest BCUT2D eigenvalue weighted by atomic mass is 16.3. The summed E-state index contributed by atoms with van der Waals surface area (Å²) in [6.45, 7) is 4.67. The van der Waals surface area contributed by atoms with Crippen LogP contribution in [0.3, 0.4) is 0 Å². The number of phenols is 1. The van der Waals surface area contributed by atoms with Crippen LogP contribution in [-0.2, 0) is 6.54 Å². The highest BCUT2D eigenvalue weighted by molar-refractivity contribution is 5.98. The number of Topliss-reactive ketones (excluding diaryl/α,β-unsaturated/α-hetero) is 1. The number of urea groups is 1. The van der Waals surface area contributed by atoms with Crippen LogP contribution in [0, 0.1) is 5.92 Å². The maximum absolute atomic E-state index is 12.6. The van der Waals surface area contributed by atoms with Gasteiger partial charge in [-0.3, -0.25) is 9.69 Å². The normalized spacial score (nSPS) is 15.8. The van der Waals surface area contributed by atoms with E-state index in [4.69, 9.17) is 0 Å². The minimum Gasteiger partial charge on any atom is -0.508 e. The monoisotopic (exact) mass is 409 g/mol. The van der Waals surface area contributed by atoms with E-state index in [0.29, 0.717) is 38.0 Å². The lowest BCUT2D eigenvalue weighted by Gasteiger charge is -2.32. The molecule has 1 aliphatic heterocycles. The molecule has 6 heteroatoms. The highest BCUT2D eigenvalue weighted by Crippen LogP contribution is 2.23. The fourth-order valence-corrected chi connectivity index (χ4v) is 3.74. The number of benzene rings is 2. The molecule has 2 N–H and O–H groups in total. The summed E-state index contributed by atoms with van der Waals surface area (Å²) in [5.41, 5.74) is 1.87. The van der Waals surface area contributed by atoms with Crippen molar-refractivity contribution in [2.24, 2.45) is 5.92 Å². The lowest BCUT2D eigenvalue weighted by Crippen LogP contribution is -2.48. The van der Waals surface area contributed by atoms with Crippen LogP contribution < -0.4 is 5.32 Å². The second-order valence-corrected chi connectivity index (χ2v) is 8.11. The first-order valence-electron chi connectivity index (χ1n) is 10.5. The van der Waals surface area contributed by atoms with E-state index >= 15 is 0 Å². The zero-order chi connectivity index (χ0) is 21.5. The lowest BCUT2D eigenvalue weighted by atomic mass is 9.89. The molecule has 2 aromatic carbocycles. The first-order chi connectivity index (χ1) is 14.4. The third-order valence-corrected chi connectivity index (χ3v) is 5.88. The molecular weight excluding hydrogens is 378 g/mol. The van der Waals surface area contributed by atoms with Crippen molar-refractivity contribution in [3.05, 3.63) is 65.7 Å². The molecule has 160 valence electrons. The Bertz CT molecular complexity index is 831. The van der Waals surface area contributed by atoms with E-state index < -0.39 is 0 Å². The van der Waals surface area contributed by atoms with Crippen LogP contribution in [0.15, 0.2) is 54.6 Å². The number of phenolic OH excluding ortho intramolecular Hbond substituents is 1. The molecule has 0 bridgehead atoms. The summed E-state index contributed by atoms with van der Waals surface area (Å²) in [4.78, 5) is 29.2. The zero-order valence-electron chi connectivity index (χ0n) is 17.8. The molecule has 0 spiro atoms. The van der Waals surface area contributed by atoms with E-state index in [0.717, 1.165) is 6.54 Å². The van der Waals surface area contributed by atoms with Gasteiger partial charge in [0.25, 0.3) is 0 Å². The molecular formula is C24H31N3O3. The van der Waals surface area contributed by atoms with Gasteiger partial charge >= 0.3 is 6.03 Å². The second kappa shape index (κ2) is 10.3. The molecule has 3 rings (SSSR count). The van der Waals surface area contributed by atoms with E-state index in [1.54, 1.807) is 17.0 Å². The Balaban J connectivity index is 1.41. The van der Waals surface area contributed by atoms with Crippen LogP contribution in [0.25, 0.3) is 0 Å². The fourth-order valence-electron chi connectivity index (χ4n) is 3.74. The summed E-state index contributed by atoms with van der Waals surface area (Å²) in [6, 6.07) is 16.8. The molecule has 1 aliphatic rings. The average Bonchev–Trinajstić information content (AvgIpc) is 2.78. The fraction of sp³-hybridized carbons (Fsp3) is 0.417. The van der Waals surface area contributed by atoms with Crippen LogP contribution in [0.1, 0.15) is 35.7 Å². The van der Waals surface area contributed by atoms with Gasteiger partial charge in [-0.2, -0.15) is 0 Å². The van der Waals surface area contributed by atoms with Gasteiger partial charge in [-0.25, -0.2) is 4.79 Å². The van der Waals surface area contributed by atoms with Gasteiger partial charge in [-0.1, -0.05) is 30.3 Å². The zero-order valence-corrected chi connectivity index (χ0v) is 17.8. The number of aromatic hydroxyl groups is 1. The van der Waals surface area contributed by atoms with E-state index in [2.05, 4.69) is 36.3 Å². The van der Waals surface area contributed by atoms with E-state index in [9.17, 15) is 14.7 Å². The Morgan fingerprint density at radius 2 is 1.73 bits per heavy atom. The molecule has 1 heterocycles. The van der Waals surface area contributed by atoms with Gasteiger partial charge in [-0.05, 0) is 56.6 Å². The molecule has 1 atom stereocenters. The molecule has 0 radical (unpaired) electrons. The minimum absolute atomic E-state index is 0.0644. The summed E-state index contributed by atoms with van der Waals surface area (Å²) < 4.78 is 0. The number of rotatable bonds is 7. The Morgan fingerprint density at radius 3 is 2.37 bits per heavy atom. The van der Waals surface area contributed by atoms with E-state index in [1.165, 1.54) is 17.7 Å². The Hall–Kier alpha value is -2.86. The van der Waals surface area contributed by atoms with Crippen LogP contribution in [0.4, 0.5) is 4.79 Å². The number of hydrogen-bond acceptors (Lipinski definition) is 4. The quantitative estimate of drug-likeness (QED) is 0.687. The van der Waals surface area contributed by atoms with Gasteiger partial charge in [0.2, 0.25) is 0 Å². The number of amides is 2. The number of likely N-dealkylation sites (tertiary alicyclic amines) is 1. The standard InChI is InChI=1S/C24H31N3O3/c1-18(26(2)17-19-6-4-3-5-7-19)16-25-24(30)27-14-12-21(13-15-27)23(29)20-8-10-22(28)11-9-20/h3-11,18,21,28H,12-17H2,1-2H3,(H,25,30). The third kappa shape index (κ3) is 5.83. The van der Waals surface area contributed by atoms with Crippen LogP contribution in [0.5, 0.6) is 5.75 Å². The third-order valence-electron chi connectivity index (χ3n) is 5.88. The Kier molecular flexibility index (Phi) is 7.46. The Labute approximate surface area is 178 Å². The van der Waals surface area contributed by atoms with Crippen LogP contribution in [0.2, 0.25) is 0 Å². The van der Waals surface area contributed by atoms with Crippen molar-refractivity contribution in [3.63, 3.8) is 0 Å². The highest BCUT2D eigenvalue weighted by Gasteiger charge is 2.28. The van der Waals surface area contributed by atoms with Crippen molar-refractivity contribution in [2.45, 2.75) is 32.4 Å². The van der Waals surface area contributed by atoms with Gasteiger partial charge in [0.1, 0.15) is 5.75 Å². The molecule has 6 nitrogen and oxygen atoms in total. The number of carbonyl (C=O) groups is 2. The number of hydrogen-bond donors (Lipinski definition) is 2. The number of likely N-dealkylation sites (N-methyl/N-ethyl adjacent to an activating group) is 1. The van der Waals surface area contributed by atoms with Crippen LogP contribution >= 0.6 is 0 Å². The lowest BCUT2D eigenvalue weighted by molar-refractivity contribution is 0.0853. The first kappa shape index (κ1) is 21.8. The van der Waals surface area contributed by atoms with Gasteiger partial charge in [0, 0.05) is 43.7 Å². The van der Waals surface area contributed by atoms with Crippen LogP contribution in [-0.4, -0.2) is 59.4 Å². The molecule has 1 saturated heterocycles. The smallest absolute Gasteiger partial charge is 0.317 e. The van der Waals surface area contributed by atoms with Crippen molar-refractivity contribution in [3.8, 4) is 5.75 Å². The number of piperidine rings is 1. The summed E-state index contributed by atoms with van der Waals surface area (Å²) in [7, 11) is 2.06. The van der Waals surface area contributed by atoms with Crippen molar-refractivity contribution in [1.82, 2.24) is 15.1 Å². The van der Waals surface area contributed by atoms with Crippen molar-refractivity contribution < 1.29 is 14.7 Å². The minimum atomic E-state index is -0.0745. The summed E-state index contributed by atoms with van der Waals surface area (Å²) in [6.07, 6.45) is 1.33. The number of carbonyl (C=O) groups excluding carboxylic acids is 2. The number of nitrogens with zero attached hydrogens (tertiary/aromatic N) is 2. The predicted molar refractivity (Wildman–Crippen MR) is 118 cm³/mol. The summed E-state index contributed by atoms with van der Waals surface area (Å²) in [5.74, 6) is 0.169. The van der Waals surface area contributed by atoms with E-state index in [1.807, 2.05) is 18.2 Å². The topological polar surface area (TPSA) is 72.9 Å². The maximum Gasteiger partial charge on any atom is 0.317 e. The molecule has 2 aromatic rings. The Morgan fingerprint density at radius 1 is 1.10 bits per heavy atom. The molecule has 0 saturated carbocycles. The van der Waals surface area contributed by atoms with E-state index in [-0.39, 0.29) is 29.5 Å². The second-order valence-electron chi connectivity index (χ2n) is 8.11. The summed E-state index contributed by atoms with van der Waals surface area (Å²) in [5, 5.41) is 12.4. The summed E-state index contributed by atoms with van der Waals surface area (Å²) >= 11 is 0. The van der Waals surface area contributed by atoms with Gasteiger partial charge < -0.3 is 15.3 Å². The number of ketones is 1. The SMILES string of the molecule is CC(CNC(=O)N1CCC(C(=O)c2ccc(O)cc2)CC1)N(C)Cc1ccccc1.